The third-order valence-corrected chi connectivity index (χ3v) is 7.30. The highest BCUT2D eigenvalue weighted by Crippen LogP contribution is 2.39. The quantitative estimate of drug-likeness (QED) is 0.336. The van der Waals surface area contributed by atoms with E-state index in [-0.39, 0.29) is 18.8 Å². The van der Waals surface area contributed by atoms with Crippen molar-refractivity contribution in [2.45, 2.75) is 36.6 Å². The fourth-order valence-electron chi connectivity index (χ4n) is 3.77. The van der Waals surface area contributed by atoms with Crippen LogP contribution in [0.15, 0.2) is 29.2 Å². The molecule has 1 aliphatic rings. The summed E-state index contributed by atoms with van der Waals surface area (Å²) in [5.74, 6) is -7.34. The minimum absolute atomic E-state index is 0.102. The number of hydrogen-bond donors (Lipinski definition) is 1. The molecular weight excluding hydrogens is 491 g/mol. The van der Waals surface area contributed by atoms with Crippen LogP contribution in [0.3, 0.4) is 0 Å². The highest BCUT2D eigenvalue weighted by Gasteiger charge is 2.41. The van der Waals surface area contributed by atoms with Gasteiger partial charge in [0.1, 0.15) is 16.7 Å². The van der Waals surface area contributed by atoms with E-state index < -0.39 is 61.3 Å². The van der Waals surface area contributed by atoms with Gasteiger partial charge in [-0.15, -0.1) is 0 Å². The Morgan fingerprint density at radius 2 is 1.97 bits per heavy atom. The average Bonchev–Trinajstić information content (AvgIpc) is 3.06. The van der Waals surface area contributed by atoms with Gasteiger partial charge in [0.15, 0.2) is 10.7 Å². The Balaban J connectivity index is 1.90. The standard InChI is InChI=1S/C20H22ClF5N4O2S/c1-19(29(3)11-20(2,25)26)7-8-30(10-19)13-9-12(22)18(17(24)16(13)21)33(31,32)28-15-6-4-5-14(23)27-15/h4-6,9H,7-8,10-11H2,1-3H3,(H,27,28)/t19-/m1/s1. The molecule has 1 aliphatic heterocycles. The van der Waals surface area contributed by atoms with Crippen molar-refractivity contribution in [3.8, 4) is 0 Å². The van der Waals surface area contributed by atoms with Gasteiger partial charge in [0.25, 0.3) is 15.9 Å². The Labute approximate surface area is 193 Å². The zero-order chi connectivity index (χ0) is 24.8. The molecule has 2 heterocycles. The molecule has 1 saturated heterocycles. The highest BCUT2D eigenvalue weighted by atomic mass is 35.5. The van der Waals surface area contributed by atoms with E-state index >= 15 is 4.39 Å². The van der Waals surface area contributed by atoms with E-state index in [1.807, 2.05) is 4.72 Å². The molecule has 0 bridgehead atoms. The van der Waals surface area contributed by atoms with Gasteiger partial charge in [-0.2, -0.15) is 4.39 Å². The Morgan fingerprint density at radius 3 is 2.58 bits per heavy atom. The van der Waals surface area contributed by atoms with Gasteiger partial charge < -0.3 is 4.90 Å². The lowest BCUT2D eigenvalue weighted by atomic mass is 9.99. The number of hydrogen-bond acceptors (Lipinski definition) is 5. The first-order valence-electron chi connectivity index (χ1n) is 9.80. The SMILES string of the molecule is CN(CC(C)(F)F)[C@]1(C)CCN(c2cc(F)c(S(=O)(=O)Nc3cccc(F)n3)c(F)c2Cl)C1. The van der Waals surface area contributed by atoms with Crippen molar-refractivity contribution in [2.75, 3.05) is 36.3 Å². The van der Waals surface area contributed by atoms with Crippen LogP contribution < -0.4 is 9.62 Å². The zero-order valence-corrected chi connectivity index (χ0v) is 19.5. The number of aromatic nitrogens is 1. The van der Waals surface area contributed by atoms with Gasteiger partial charge in [-0.05, 0) is 32.5 Å². The molecule has 1 aromatic carbocycles. The molecule has 13 heteroatoms. The first-order valence-corrected chi connectivity index (χ1v) is 11.7. The molecule has 33 heavy (non-hydrogen) atoms. The molecule has 1 aromatic heterocycles. The second kappa shape index (κ2) is 8.88. The van der Waals surface area contributed by atoms with E-state index in [9.17, 15) is 26.0 Å². The molecule has 3 rings (SSSR count). The summed E-state index contributed by atoms with van der Waals surface area (Å²) in [7, 11) is -3.30. The summed E-state index contributed by atoms with van der Waals surface area (Å²) >= 11 is 6.08. The van der Waals surface area contributed by atoms with Crippen molar-refractivity contribution in [1.29, 1.82) is 0 Å². The highest BCUT2D eigenvalue weighted by molar-refractivity contribution is 7.92. The molecule has 0 aliphatic carbocycles. The van der Waals surface area contributed by atoms with Gasteiger partial charge in [-0.3, -0.25) is 9.62 Å². The van der Waals surface area contributed by atoms with E-state index in [1.54, 1.807) is 6.92 Å². The maximum absolute atomic E-state index is 15.0. The van der Waals surface area contributed by atoms with Crippen LogP contribution in [0, 0.1) is 17.6 Å². The van der Waals surface area contributed by atoms with Crippen LogP contribution in [0.4, 0.5) is 33.5 Å². The van der Waals surface area contributed by atoms with Crippen LogP contribution >= 0.6 is 11.6 Å². The van der Waals surface area contributed by atoms with Crippen molar-refractivity contribution < 1.29 is 30.4 Å². The predicted molar refractivity (Wildman–Crippen MR) is 115 cm³/mol. The first-order chi connectivity index (χ1) is 15.1. The Kier molecular flexibility index (Phi) is 6.84. The summed E-state index contributed by atoms with van der Waals surface area (Å²) in [6.45, 7) is 2.43. The first kappa shape index (κ1) is 25.4. The molecule has 0 saturated carbocycles. The molecule has 1 fully saturated rings. The number of likely N-dealkylation sites (N-methyl/N-ethyl adjacent to an activating group) is 1. The molecule has 6 nitrogen and oxygen atoms in total. The van der Waals surface area contributed by atoms with Crippen LogP contribution in [-0.4, -0.2) is 56.4 Å². The van der Waals surface area contributed by atoms with Crippen LogP contribution in [0.25, 0.3) is 0 Å². The van der Waals surface area contributed by atoms with Gasteiger partial charge in [0.05, 0.1) is 12.2 Å². The number of nitrogens with zero attached hydrogens (tertiary/aromatic N) is 3. The van der Waals surface area contributed by atoms with Gasteiger partial charge in [-0.25, -0.2) is 31.0 Å². The van der Waals surface area contributed by atoms with Crippen molar-refractivity contribution in [1.82, 2.24) is 9.88 Å². The zero-order valence-electron chi connectivity index (χ0n) is 18.0. The Bertz CT molecular complexity index is 1160. The molecular formula is C20H22ClF5N4O2S. The third kappa shape index (κ3) is 5.49. The fraction of sp³-hybridized carbons (Fsp3) is 0.450. The number of nitrogens with one attached hydrogen (secondary N) is 1. The molecule has 0 radical (unpaired) electrons. The van der Waals surface area contributed by atoms with E-state index in [0.717, 1.165) is 25.1 Å². The van der Waals surface area contributed by atoms with E-state index in [1.165, 1.54) is 22.9 Å². The maximum atomic E-state index is 15.0. The van der Waals surface area contributed by atoms with E-state index in [0.29, 0.717) is 6.42 Å². The lowest BCUT2D eigenvalue weighted by molar-refractivity contribution is -0.0314. The fourth-order valence-corrected chi connectivity index (χ4v) is 5.24. The minimum Gasteiger partial charge on any atom is -0.368 e. The molecule has 1 atom stereocenters. The maximum Gasteiger partial charge on any atom is 0.268 e. The number of benzene rings is 1. The Morgan fingerprint density at radius 1 is 1.30 bits per heavy atom. The molecule has 182 valence electrons. The summed E-state index contributed by atoms with van der Waals surface area (Å²) in [5, 5.41) is -0.642. The monoisotopic (exact) mass is 512 g/mol. The summed E-state index contributed by atoms with van der Waals surface area (Å²) < 4.78 is 96.9. The smallest absolute Gasteiger partial charge is 0.268 e. The second-order valence-corrected chi connectivity index (χ2v) is 10.4. The van der Waals surface area contributed by atoms with Crippen LogP contribution in [0.5, 0.6) is 0 Å². The summed E-state index contributed by atoms with van der Waals surface area (Å²) in [5.41, 5.74) is -0.833. The lowest BCUT2D eigenvalue weighted by Gasteiger charge is -2.37. The number of pyridine rings is 1. The largest absolute Gasteiger partial charge is 0.368 e. The summed E-state index contributed by atoms with van der Waals surface area (Å²) in [6.07, 6.45) is 0.409. The Hall–Kier alpha value is -2.18. The normalized spacial score (nSPS) is 19.4. The number of sulfonamides is 1. The van der Waals surface area contributed by atoms with Crippen LogP contribution in [-0.2, 0) is 10.0 Å². The van der Waals surface area contributed by atoms with Gasteiger partial charge in [0.2, 0.25) is 5.95 Å². The molecule has 0 unspecified atom stereocenters. The molecule has 0 amide bonds. The topological polar surface area (TPSA) is 65.5 Å². The second-order valence-electron chi connectivity index (χ2n) is 8.38. The van der Waals surface area contributed by atoms with E-state index in [4.69, 9.17) is 11.6 Å². The van der Waals surface area contributed by atoms with Crippen molar-refractivity contribution in [2.24, 2.45) is 0 Å². The predicted octanol–water partition coefficient (Wildman–Crippen LogP) is 4.51. The number of anilines is 2. The average molecular weight is 513 g/mol. The van der Waals surface area contributed by atoms with Crippen molar-refractivity contribution >= 4 is 33.1 Å². The number of halogens is 6. The van der Waals surface area contributed by atoms with E-state index in [2.05, 4.69) is 4.98 Å². The lowest BCUT2D eigenvalue weighted by Crippen LogP contribution is -2.50. The van der Waals surface area contributed by atoms with Crippen molar-refractivity contribution in [3.05, 3.63) is 46.9 Å². The van der Waals surface area contributed by atoms with Crippen LogP contribution in [0.2, 0.25) is 5.02 Å². The number of alkyl halides is 2. The van der Waals surface area contributed by atoms with Gasteiger partial charge in [0, 0.05) is 31.6 Å². The summed E-state index contributed by atoms with van der Waals surface area (Å²) in [4.78, 5) is 4.95. The summed E-state index contributed by atoms with van der Waals surface area (Å²) in [6, 6.07) is 4.01. The molecule has 2 aromatic rings. The van der Waals surface area contributed by atoms with Gasteiger partial charge >= 0.3 is 0 Å². The molecule has 1 N–H and O–H groups in total. The van der Waals surface area contributed by atoms with Crippen LogP contribution in [0.1, 0.15) is 20.3 Å². The number of rotatable bonds is 7. The third-order valence-electron chi connectivity index (χ3n) is 5.55. The van der Waals surface area contributed by atoms with Crippen molar-refractivity contribution in [3.63, 3.8) is 0 Å². The molecule has 0 spiro atoms. The van der Waals surface area contributed by atoms with Gasteiger partial charge in [-0.1, -0.05) is 17.7 Å². The minimum atomic E-state index is -4.83.